The van der Waals surface area contributed by atoms with Crippen LogP contribution in [0.25, 0.3) is 0 Å². The van der Waals surface area contributed by atoms with Gasteiger partial charge in [-0.25, -0.2) is 8.42 Å². The molecule has 29 heavy (non-hydrogen) atoms. The minimum absolute atomic E-state index is 0.0597. The van der Waals surface area contributed by atoms with Crippen LogP contribution in [0.4, 0.5) is 5.69 Å². The Morgan fingerprint density at radius 1 is 0.966 bits per heavy atom. The number of benzene rings is 2. The summed E-state index contributed by atoms with van der Waals surface area (Å²) in [6, 6.07) is 11.7. The second-order valence-corrected chi connectivity index (χ2v) is 9.89. The molecule has 0 radical (unpaired) electrons. The maximum absolute atomic E-state index is 12.7. The fraction of sp³-hybridized carbons (Fsp3) is 0.409. The van der Waals surface area contributed by atoms with Gasteiger partial charge in [0.25, 0.3) is 15.9 Å². The Hall–Kier alpha value is -2.38. The lowest BCUT2D eigenvalue weighted by atomic mass is 10.1. The zero-order valence-corrected chi connectivity index (χ0v) is 18.6. The molecule has 2 aromatic carbocycles. The number of nitrogens with one attached hydrogen (secondary N) is 3. The highest BCUT2D eigenvalue weighted by molar-refractivity contribution is 7.92. The molecule has 6 nitrogen and oxygen atoms in total. The van der Waals surface area contributed by atoms with Crippen molar-refractivity contribution >= 4 is 21.6 Å². The molecule has 0 heterocycles. The first-order valence-corrected chi connectivity index (χ1v) is 11.2. The van der Waals surface area contributed by atoms with Crippen molar-refractivity contribution in [2.75, 3.05) is 17.8 Å². The molecule has 158 valence electrons. The lowest BCUT2D eigenvalue weighted by Crippen LogP contribution is -2.37. The first-order chi connectivity index (χ1) is 13.5. The van der Waals surface area contributed by atoms with Crippen LogP contribution in [-0.4, -0.2) is 33.0 Å². The largest absolute Gasteiger partial charge is 0.352 e. The van der Waals surface area contributed by atoms with Crippen molar-refractivity contribution in [1.29, 1.82) is 0 Å². The molecule has 0 aliphatic carbocycles. The Bertz CT molecular complexity index is 946. The molecule has 0 aromatic heterocycles. The van der Waals surface area contributed by atoms with Crippen molar-refractivity contribution in [2.24, 2.45) is 0 Å². The zero-order valence-electron chi connectivity index (χ0n) is 17.8. The van der Waals surface area contributed by atoms with Gasteiger partial charge in [-0.15, -0.1) is 0 Å². The molecule has 3 N–H and O–H groups in total. The average molecular weight is 418 g/mol. The Morgan fingerprint density at radius 2 is 1.62 bits per heavy atom. The summed E-state index contributed by atoms with van der Waals surface area (Å²) in [5, 5.41) is 6.24. The fourth-order valence-corrected chi connectivity index (χ4v) is 4.14. The van der Waals surface area contributed by atoms with E-state index in [1.54, 1.807) is 43.3 Å². The van der Waals surface area contributed by atoms with Gasteiger partial charge in [0.05, 0.1) is 4.90 Å². The second kappa shape index (κ2) is 9.41. The summed E-state index contributed by atoms with van der Waals surface area (Å²) in [5.74, 6) is -0.176. The first kappa shape index (κ1) is 22.9. The lowest BCUT2D eigenvalue weighted by Gasteiger charge is -2.20. The van der Waals surface area contributed by atoms with Gasteiger partial charge in [0, 0.05) is 23.3 Å². The zero-order chi connectivity index (χ0) is 21.7. The van der Waals surface area contributed by atoms with E-state index in [2.05, 4.69) is 36.1 Å². The Morgan fingerprint density at radius 3 is 2.24 bits per heavy atom. The molecule has 0 bridgehead atoms. The van der Waals surface area contributed by atoms with Crippen LogP contribution in [-0.2, 0) is 10.0 Å². The molecular formula is C22H31N3O3S. The smallest absolute Gasteiger partial charge is 0.262 e. The highest BCUT2D eigenvalue weighted by Crippen LogP contribution is 2.21. The van der Waals surface area contributed by atoms with E-state index in [4.69, 9.17) is 0 Å². The number of sulfonamides is 1. The molecule has 0 fully saturated rings. The molecule has 0 aliphatic rings. The van der Waals surface area contributed by atoms with Crippen LogP contribution in [0, 0.1) is 13.8 Å². The minimum atomic E-state index is -3.69. The van der Waals surface area contributed by atoms with Crippen molar-refractivity contribution in [2.45, 2.75) is 51.5 Å². The molecular weight excluding hydrogens is 386 g/mol. The Kier molecular flexibility index (Phi) is 7.43. The van der Waals surface area contributed by atoms with E-state index in [1.807, 2.05) is 13.0 Å². The third-order valence-corrected chi connectivity index (χ3v) is 5.85. The van der Waals surface area contributed by atoms with E-state index < -0.39 is 10.0 Å². The van der Waals surface area contributed by atoms with Crippen LogP contribution in [0.5, 0.6) is 0 Å². The number of amides is 1. The number of rotatable bonds is 8. The molecule has 0 unspecified atom stereocenters. The number of carbonyl (C=O) groups excluding carboxylic acids is 1. The Balaban J connectivity index is 1.94. The summed E-state index contributed by atoms with van der Waals surface area (Å²) in [6.45, 7) is 11.3. The normalized spacial score (nSPS) is 11.9. The van der Waals surface area contributed by atoms with Crippen molar-refractivity contribution in [1.82, 2.24) is 10.6 Å². The van der Waals surface area contributed by atoms with Gasteiger partial charge < -0.3 is 10.6 Å². The van der Waals surface area contributed by atoms with Gasteiger partial charge in [0.1, 0.15) is 0 Å². The minimum Gasteiger partial charge on any atom is -0.352 e. The summed E-state index contributed by atoms with van der Waals surface area (Å²) in [7, 11) is -3.69. The van der Waals surface area contributed by atoms with Crippen LogP contribution >= 0.6 is 0 Å². The molecule has 0 atom stereocenters. The van der Waals surface area contributed by atoms with Crippen molar-refractivity contribution in [3.05, 3.63) is 59.2 Å². The van der Waals surface area contributed by atoms with Crippen LogP contribution < -0.4 is 15.4 Å². The maximum atomic E-state index is 12.7. The van der Waals surface area contributed by atoms with E-state index >= 15 is 0 Å². The third-order valence-electron chi connectivity index (χ3n) is 4.33. The highest BCUT2D eigenvalue weighted by Gasteiger charge is 2.17. The summed E-state index contributed by atoms with van der Waals surface area (Å²) in [4.78, 5) is 12.5. The fourth-order valence-electron chi connectivity index (χ4n) is 2.75. The molecule has 0 saturated heterocycles. The average Bonchev–Trinajstić information content (AvgIpc) is 2.62. The van der Waals surface area contributed by atoms with Gasteiger partial charge in [-0.2, -0.15) is 0 Å². The molecule has 0 spiro atoms. The number of aryl methyl sites for hydroxylation is 2. The Labute approximate surface area is 174 Å². The van der Waals surface area contributed by atoms with E-state index in [0.717, 1.165) is 18.5 Å². The van der Waals surface area contributed by atoms with Gasteiger partial charge in [-0.05, 0) is 89.0 Å². The van der Waals surface area contributed by atoms with Crippen molar-refractivity contribution in [3.63, 3.8) is 0 Å². The van der Waals surface area contributed by atoms with Crippen LogP contribution in [0.2, 0.25) is 0 Å². The topological polar surface area (TPSA) is 87.3 Å². The van der Waals surface area contributed by atoms with E-state index in [9.17, 15) is 13.2 Å². The van der Waals surface area contributed by atoms with E-state index in [1.165, 1.54) is 0 Å². The van der Waals surface area contributed by atoms with Gasteiger partial charge in [-0.3, -0.25) is 9.52 Å². The molecule has 7 heteroatoms. The third kappa shape index (κ3) is 7.18. The summed E-state index contributed by atoms with van der Waals surface area (Å²) in [6.07, 6.45) is 0.830. The van der Waals surface area contributed by atoms with Crippen molar-refractivity contribution in [3.8, 4) is 0 Å². The maximum Gasteiger partial charge on any atom is 0.262 e. The second-order valence-electron chi connectivity index (χ2n) is 8.24. The van der Waals surface area contributed by atoms with Crippen LogP contribution in [0.3, 0.4) is 0 Å². The first-order valence-electron chi connectivity index (χ1n) is 9.71. The van der Waals surface area contributed by atoms with Gasteiger partial charge in [-0.1, -0.05) is 12.1 Å². The monoisotopic (exact) mass is 417 g/mol. The predicted octanol–water partition coefficient (Wildman–Crippen LogP) is 3.61. The number of anilines is 1. The summed E-state index contributed by atoms with van der Waals surface area (Å²) in [5.41, 5.74) is 2.52. The molecule has 2 rings (SSSR count). The van der Waals surface area contributed by atoms with Gasteiger partial charge in [0.2, 0.25) is 0 Å². The SMILES string of the molecule is Cc1ccc(C)c(S(=O)(=O)Nc2ccc(C(=O)NCCCNC(C)(C)C)cc2)c1. The van der Waals surface area contributed by atoms with E-state index in [0.29, 0.717) is 23.4 Å². The number of carbonyl (C=O) groups is 1. The van der Waals surface area contributed by atoms with E-state index in [-0.39, 0.29) is 16.3 Å². The van der Waals surface area contributed by atoms with Gasteiger partial charge in [0.15, 0.2) is 0 Å². The predicted molar refractivity (Wildman–Crippen MR) is 118 cm³/mol. The highest BCUT2D eigenvalue weighted by atomic mass is 32.2. The standard InChI is InChI=1S/C22H31N3O3S/c1-16-7-8-17(2)20(15-16)29(27,28)25-19-11-9-18(10-12-19)21(26)23-13-6-14-24-22(3,4)5/h7-12,15,24-25H,6,13-14H2,1-5H3,(H,23,26). The number of hydrogen-bond acceptors (Lipinski definition) is 4. The summed E-state index contributed by atoms with van der Waals surface area (Å²) >= 11 is 0. The molecule has 1 amide bonds. The van der Waals surface area contributed by atoms with Gasteiger partial charge >= 0.3 is 0 Å². The van der Waals surface area contributed by atoms with Crippen LogP contribution in [0.1, 0.15) is 48.7 Å². The van der Waals surface area contributed by atoms with Crippen LogP contribution in [0.15, 0.2) is 47.4 Å². The quantitative estimate of drug-likeness (QED) is 0.573. The summed E-state index contributed by atoms with van der Waals surface area (Å²) < 4.78 is 27.9. The molecule has 0 saturated carbocycles. The molecule has 0 aliphatic heterocycles. The molecule has 2 aromatic rings. The lowest BCUT2D eigenvalue weighted by molar-refractivity contribution is 0.0953. The van der Waals surface area contributed by atoms with Crippen molar-refractivity contribution < 1.29 is 13.2 Å². The number of hydrogen-bond donors (Lipinski definition) is 3.